The van der Waals surface area contributed by atoms with Gasteiger partial charge in [0.15, 0.2) is 0 Å². The molecule has 0 bridgehead atoms. The summed E-state index contributed by atoms with van der Waals surface area (Å²) >= 11 is 11.0. The molecule has 0 atom stereocenters. The molecule has 1 rings (SSSR count). The van der Waals surface area contributed by atoms with Crippen molar-refractivity contribution in [3.63, 3.8) is 0 Å². The van der Waals surface area contributed by atoms with Crippen LogP contribution in [0.4, 0.5) is 0 Å². The van der Waals surface area contributed by atoms with Crippen molar-refractivity contribution >= 4 is 23.2 Å². The average Bonchev–Trinajstić information content (AvgIpc) is 2.03. The Labute approximate surface area is 85.0 Å². The van der Waals surface area contributed by atoms with Gasteiger partial charge >= 0.3 is 6.01 Å². The molecule has 0 spiro atoms. The third-order valence-corrected chi connectivity index (χ3v) is 1.42. The van der Waals surface area contributed by atoms with E-state index in [-0.39, 0.29) is 16.6 Å². The van der Waals surface area contributed by atoms with Crippen molar-refractivity contribution < 1.29 is 9.47 Å². The molecule has 0 fully saturated rings. The number of hydrogen-bond donors (Lipinski definition) is 0. The quantitative estimate of drug-likeness (QED) is 0.719. The molecule has 5 nitrogen and oxygen atoms in total. The molecule has 0 aromatic carbocycles. The smallest absolute Gasteiger partial charge is 0.322 e. The molecule has 0 saturated heterocycles. The van der Waals surface area contributed by atoms with E-state index >= 15 is 0 Å². The summed E-state index contributed by atoms with van der Waals surface area (Å²) < 4.78 is 9.81. The van der Waals surface area contributed by atoms with Gasteiger partial charge in [-0.1, -0.05) is 0 Å². The van der Waals surface area contributed by atoms with Crippen LogP contribution >= 0.6 is 23.2 Å². The Hall–Kier alpha value is -0.650. The molecule has 0 N–H and O–H groups in total. The number of methoxy groups -OCH3 is 1. The molecule has 72 valence electrons. The van der Waals surface area contributed by atoms with E-state index < -0.39 is 0 Å². The van der Waals surface area contributed by atoms with Gasteiger partial charge in [0.1, 0.15) is 6.61 Å². The highest BCUT2D eigenvalue weighted by atomic mass is 35.5. The highest BCUT2D eigenvalue weighted by molar-refractivity contribution is 6.31. The van der Waals surface area contributed by atoms with Gasteiger partial charge in [0.25, 0.3) is 0 Å². The third-order valence-electron chi connectivity index (χ3n) is 1.08. The topological polar surface area (TPSA) is 57.1 Å². The SMILES string of the molecule is COCCOc1nc(Cl)nc(Cl)n1. The number of aromatic nitrogens is 3. The van der Waals surface area contributed by atoms with Crippen molar-refractivity contribution in [2.24, 2.45) is 0 Å². The fourth-order valence-electron chi connectivity index (χ4n) is 0.590. The fraction of sp³-hybridized carbons (Fsp3) is 0.500. The maximum Gasteiger partial charge on any atom is 0.322 e. The minimum absolute atomic E-state index is 0.00687. The summed E-state index contributed by atoms with van der Waals surface area (Å²) in [7, 11) is 1.57. The van der Waals surface area contributed by atoms with E-state index in [2.05, 4.69) is 15.0 Å². The lowest BCUT2D eigenvalue weighted by Gasteiger charge is -2.02. The zero-order valence-electron chi connectivity index (χ0n) is 6.83. The predicted octanol–water partition coefficient (Wildman–Crippen LogP) is 1.20. The maximum atomic E-state index is 5.51. The van der Waals surface area contributed by atoms with Gasteiger partial charge in [0, 0.05) is 7.11 Å². The van der Waals surface area contributed by atoms with Crippen molar-refractivity contribution in [1.82, 2.24) is 15.0 Å². The first-order chi connectivity index (χ1) is 6.22. The Balaban J connectivity index is 2.56. The molecular weight excluding hydrogens is 217 g/mol. The zero-order chi connectivity index (χ0) is 9.68. The van der Waals surface area contributed by atoms with Crippen LogP contribution in [0.3, 0.4) is 0 Å². The Kier molecular flexibility index (Phi) is 4.14. The van der Waals surface area contributed by atoms with Crippen molar-refractivity contribution in [2.45, 2.75) is 0 Å². The van der Waals surface area contributed by atoms with Gasteiger partial charge in [-0.2, -0.15) is 15.0 Å². The van der Waals surface area contributed by atoms with Gasteiger partial charge in [-0.3, -0.25) is 0 Å². The number of ether oxygens (including phenoxy) is 2. The molecule has 0 unspecified atom stereocenters. The van der Waals surface area contributed by atoms with E-state index in [0.29, 0.717) is 13.2 Å². The summed E-state index contributed by atoms with van der Waals surface area (Å²) in [4.78, 5) is 10.9. The molecule has 0 amide bonds. The van der Waals surface area contributed by atoms with Gasteiger partial charge in [-0.15, -0.1) is 0 Å². The summed E-state index contributed by atoms with van der Waals surface area (Å²) in [6.45, 7) is 0.786. The number of hydrogen-bond acceptors (Lipinski definition) is 5. The van der Waals surface area contributed by atoms with Gasteiger partial charge < -0.3 is 9.47 Å². The molecule has 0 radical (unpaired) electrons. The van der Waals surface area contributed by atoms with E-state index in [9.17, 15) is 0 Å². The van der Waals surface area contributed by atoms with Crippen LogP contribution in [-0.4, -0.2) is 35.3 Å². The molecule has 7 heteroatoms. The van der Waals surface area contributed by atoms with Crippen molar-refractivity contribution in [3.8, 4) is 6.01 Å². The zero-order valence-corrected chi connectivity index (χ0v) is 8.34. The molecule has 1 aromatic heterocycles. The van der Waals surface area contributed by atoms with Gasteiger partial charge in [-0.25, -0.2) is 0 Å². The molecule has 0 aliphatic heterocycles. The number of halogens is 2. The summed E-state index contributed by atoms with van der Waals surface area (Å²) in [5, 5.41) is 0.0137. The van der Waals surface area contributed by atoms with Crippen LogP contribution in [0.1, 0.15) is 0 Å². The van der Waals surface area contributed by atoms with Gasteiger partial charge in [-0.05, 0) is 23.2 Å². The first-order valence-electron chi connectivity index (χ1n) is 3.41. The Morgan fingerprint density at radius 1 is 1.08 bits per heavy atom. The van der Waals surface area contributed by atoms with Crippen LogP contribution in [0, 0.1) is 0 Å². The lowest BCUT2D eigenvalue weighted by molar-refractivity contribution is 0.140. The first-order valence-corrected chi connectivity index (χ1v) is 4.17. The monoisotopic (exact) mass is 223 g/mol. The van der Waals surface area contributed by atoms with Gasteiger partial charge in [0.2, 0.25) is 10.6 Å². The first kappa shape index (κ1) is 10.4. The molecule has 1 aromatic rings. The second-order valence-electron chi connectivity index (χ2n) is 2.00. The molecular formula is C6H7Cl2N3O2. The lowest BCUT2D eigenvalue weighted by atomic mass is 10.8. The van der Waals surface area contributed by atoms with E-state index in [1.54, 1.807) is 7.11 Å². The van der Waals surface area contributed by atoms with Crippen LogP contribution in [0.25, 0.3) is 0 Å². The Morgan fingerprint density at radius 2 is 1.69 bits per heavy atom. The molecule has 0 aliphatic carbocycles. The second kappa shape index (κ2) is 5.16. The average molecular weight is 224 g/mol. The van der Waals surface area contributed by atoms with E-state index in [1.165, 1.54) is 0 Å². The van der Waals surface area contributed by atoms with Crippen molar-refractivity contribution in [3.05, 3.63) is 10.6 Å². The second-order valence-corrected chi connectivity index (χ2v) is 2.67. The molecule has 13 heavy (non-hydrogen) atoms. The number of rotatable bonds is 4. The molecule has 1 heterocycles. The summed E-state index contributed by atoms with van der Waals surface area (Å²) in [6.07, 6.45) is 0. The minimum atomic E-state index is 0.00687. The highest BCUT2D eigenvalue weighted by Gasteiger charge is 2.03. The largest absolute Gasteiger partial charge is 0.461 e. The minimum Gasteiger partial charge on any atom is -0.461 e. The van der Waals surface area contributed by atoms with Crippen LogP contribution in [0.2, 0.25) is 10.6 Å². The summed E-state index contributed by atoms with van der Waals surface area (Å²) in [6, 6.07) is 0.0991. The predicted molar refractivity (Wildman–Crippen MR) is 47.2 cm³/mol. The normalized spacial score (nSPS) is 10.1. The van der Waals surface area contributed by atoms with Crippen LogP contribution in [0.15, 0.2) is 0 Å². The lowest BCUT2D eigenvalue weighted by Crippen LogP contribution is -2.07. The summed E-state index contributed by atoms with van der Waals surface area (Å²) in [5.74, 6) is 0. The van der Waals surface area contributed by atoms with Crippen molar-refractivity contribution in [2.75, 3.05) is 20.3 Å². The van der Waals surface area contributed by atoms with E-state index in [1.807, 2.05) is 0 Å². The molecule has 0 saturated carbocycles. The van der Waals surface area contributed by atoms with Crippen LogP contribution in [-0.2, 0) is 4.74 Å². The number of nitrogens with zero attached hydrogens (tertiary/aromatic N) is 3. The molecule has 0 aliphatic rings. The van der Waals surface area contributed by atoms with E-state index in [0.717, 1.165) is 0 Å². The van der Waals surface area contributed by atoms with Gasteiger partial charge in [0.05, 0.1) is 6.61 Å². The highest BCUT2D eigenvalue weighted by Crippen LogP contribution is 2.10. The van der Waals surface area contributed by atoms with Crippen LogP contribution < -0.4 is 4.74 Å². The Bertz CT molecular complexity index is 264. The van der Waals surface area contributed by atoms with Crippen LogP contribution in [0.5, 0.6) is 6.01 Å². The third kappa shape index (κ3) is 3.71. The maximum absolute atomic E-state index is 5.51. The standard InChI is InChI=1S/C6H7Cl2N3O2/c1-12-2-3-13-6-10-4(7)9-5(8)11-6/h2-3H2,1H3. The summed E-state index contributed by atoms with van der Waals surface area (Å²) in [5.41, 5.74) is 0. The van der Waals surface area contributed by atoms with Crippen molar-refractivity contribution in [1.29, 1.82) is 0 Å². The Morgan fingerprint density at radius 3 is 2.23 bits per heavy atom. The fourth-order valence-corrected chi connectivity index (χ4v) is 0.938. The van der Waals surface area contributed by atoms with E-state index in [4.69, 9.17) is 32.7 Å².